The van der Waals surface area contributed by atoms with Crippen LogP contribution in [0.15, 0.2) is 0 Å². The highest BCUT2D eigenvalue weighted by Gasteiger charge is 2.00. The van der Waals surface area contributed by atoms with Gasteiger partial charge in [-0.15, -0.1) is 0 Å². The summed E-state index contributed by atoms with van der Waals surface area (Å²) in [5, 5.41) is 0. The van der Waals surface area contributed by atoms with Crippen LogP contribution in [0.3, 0.4) is 0 Å². The second kappa shape index (κ2) is 9.13. The van der Waals surface area contributed by atoms with Gasteiger partial charge < -0.3 is 4.55 Å². The molecule has 0 saturated heterocycles. The Balaban J connectivity index is 3.13. The Hall–Kier alpha value is 0.0600. The van der Waals surface area contributed by atoms with E-state index in [2.05, 4.69) is 0 Å². The molecule has 6 heteroatoms. The van der Waals surface area contributed by atoms with Gasteiger partial charge in [-0.05, 0) is 12.8 Å². The fourth-order valence-corrected chi connectivity index (χ4v) is 2.65. The van der Waals surface area contributed by atoms with Gasteiger partial charge in [-0.2, -0.15) is 0 Å². The van der Waals surface area contributed by atoms with Gasteiger partial charge in [-0.3, -0.25) is 0 Å². The van der Waals surface area contributed by atoms with Gasteiger partial charge in [0.2, 0.25) is 0 Å². The van der Waals surface area contributed by atoms with Crippen LogP contribution in [-0.4, -0.2) is 34.9 Å². The number of hydrogen-bond acceptors (Lipinski definition) is 3. The van der Waals surface area contributed by atoms with Crippen LogP contribution in [0.1, 0.15) is 44.9 Å². The van der Waals surface area contributed by atoms with E-state index in [-0.39, 0.29) is 5.75 Å². The lowest BCUT2D eigenvalue weighted by Gasteiger charge is -2.01. The van der Waals surface area contributed by atoms with E-state index >= 15 is 0 Å². The number of sulfone groups is 1. The zero-order valence-corrected chi connectivity index (χ0v) is 11.5. The van der Waals surface area contributed by atoms with Gasteiger partial charge >= 0.3 is 0 Å². The molecular weight excluding hydrogens is 248 g/mol. The number of rotatable bonds is 10. The Labute approximate surface area is 101 Å². The molecule has 0 aliphatic rings. The van der Waals surface area contributed by atoms with Gasteiger partial charge in [0.1, 0.15) is 9.84 Å². The fraction of sp³-hybridized carbons (Fsp3) is 1.00. The Morgan fingerprint density at radius 3 is 1.81 bits per heavy atom. The van der Waals surface area contributed by atoms with E-state index in [1.54, 1.807) is 0 Å². The molecule has 1 N–H and O–H groups in total. The Morgan fingerprint density at radius 1 is 0.938 bits per heavy atom. The van der Waals surface area contributed by atoms with E-state index in [0.29, 0.717) is 5.75 Å². The highest BCUT2D eigenvalue weighted by Crippen LogP contribution is 2.08. The predicted octanol–water partition coefficient (Wildman–Crippen LogP) is 1.98. The Bertz CT molecular complexity index is 285. The van der Waals surface area contributed by atoms with Crippen molar-refractivity contribution >= 4 is 20.9 Å². The van der Waals surface area contributed by atoms with E-state index in [1.807, 2.05) is 0 Å². The van der Waals surface area contributed by atoms with Crippen molar-refractivity contribution in [2.24, 2.45) is 0 Å². The highest BCUT2D eigenvalue weighted by molar-refractivity contribution is 7.90. The fourth-order valence-electron chi connectivity index (χ4n) is 1.47. The van der Waals surface area contributed by atoms with E-state index in [1.165, 1.54) is 6.26 Å². The Morgan fingerprint density at radius 2 is 1.38 bits per heavy atom. The SMILES string of the molecule is CS(=O)(=O)CCCCCCCCCS(=O)O. The van der Waals surface area contributed by atoms with Crippen LogP contribution in [0.5, 0.6) is 0 Å². The van der Waals surface area contributed by atoms with E-state index in [0.717, 1.165) is 44.9 Å². The van der Waals surface area contributed by atoms with E-state index in [4.69, 9.17) is 4.55 Å². The summed E-state index contributed by atoms with van der Waals surface area (Å²) in [5.41, 5.74) is 0. The second-order valence-electron chi connectivity index (χ2n) is 4.13. The standard InChI is InChI=1S/C10H22O4S2/c1-16(13,14)10-8-6-4-2-3-5-7-9-15(11)12/h2-10H2,1H3,(H,11,12). The molecule has 16 heavy (non-hydrogen) atoms. The van der Waals surface area contributed by atoms with Crippen molar-refractivity contribution in [3.8, 4) is 0 Å². The van der Waals surface area contributed by atoms with Gasteiger partial charge in [-0.1, -0.05) is 32.1 Å². The summed E-state index contributed by atoms with van der Waals surface area (Å²) in [6, 6.07) is 0. The average Bonchev–Trinajstić information content (AvgIpc) is 2.13. The highest BCUT2D eigenvalue weighted by atomic mass is 32.2. The number of unbranched alkanes of at least 4 members (excludes halogenated alkanes) is 6. The first-order valence-electron chi connectivity index (χ1n) is 5.67. The van der Waals surface area contributed by atoms with Gasteiger partial charge in [0.05, 0.1) is 0 Å². The lowest BCUT2D eigenvalue weighted by atomic mass is 10.1. The molecule has 0 aliphatic carbocycles. The molecule has 1 atom stereocenters. The third-order valence-electron chi connectivity index (χ3n) is 2.33. The quantitative estimate of drug-likeness (QED) is 0.487. The molecule has 0 bridgehead atoms. The van der Waals surface area contributed by atoms with Crippen molar-refractivity contribution < 1.29 is 17.2 Å². The number of hydrogen-bond donors (Lipinski definition) is 1. The van der Waals surface area contributed by atoms with Crippen molar-refractivity contribution in [1.29, 1.82) is 0 Å². The summed E-state index contributed by atoms with van der Waals surface area (Å²) in [4.78, 5) is 0. The summed E-state index contributed by atoms with van der Waals surface area (Å²) < 4.78 is 40.5. The van der Waals surface area contributed by atoms with Crippen molar-refractivity contribution in [3.05, 3.63) is 0 Å². The molecule has 0 amide bonds. The van der Waals surface area contributed by atoms with Crippen LogP contribution < -0.4 is 0 Å². The minimum absolute atomic E-state index is 0.288. The van der Waals surface area contributed by atoms with Crippen LogP contribution >= 0.6 is 0 Å². The first-order chi connectivity index (χ1) is 7.42. The molecule has 0 heterocycles. The lowest BCUT2D eigenvalue weighted by molar-refractivity contribution is 0.554. The zero-order chi connectivity index (χ0) is 12.4. The topological polar surface area (TPSA) is 71.4 Å². The summed E-state index contributed by atoms with van der Waals surface area (Å²) in [7, 11) is -2.80. The average molecular weight is 270 g/mol. The van der Waals surface area contributed by atoms with Crippen LogP contribution in [0, 0.1) is 0 Å². The van der Waals surface area contributed by atoms with E-state index in [9.17, 15) is 12.6 Å². The van der Waals surface area contributed by atoms with Crippen LogP contribution in [-0.2, 0) is 20.9 Å². The van der Waals surface area contributed by atoms with Crippen molar-refractivity contribution in [3.63, 3.8) is 0 Å². The molecule has 0 aliphatic heterocycles. The predicted molar refractivity (Wildman–Crippen MR) is 67.7 cm³/mol. The molecule has 1 unspecified atom stereocenters. The molecule has 0 saturated carbocycles. The summed E-state index contributed by atoms with van der Waals surface area (Å²) in [6.07, 6.45) is 7.96. The molecular formula is C10H22O4S2. The molecule has 4 nitrogen and oxygen atoms in total. The molecule has 0 radical (unpaired) electrons. The van der Waals surface area contributed by atoms with Gasteiger partial charge in [0.15, 0.2) is 11.1 Å². The summed E-state index contributed by atoms with van der Waals surface area (Å²) >= 11 is -1.65. The smallest absolute Gasteiger partial charge is 0.152 e. The van der Waals surface area contributed by atoms with Crippen molar-refractivity contribution in [2.45, 2.75) is 44.9 Å². The Kier molecular flexibility index (Phi) is 9.16. The maximum absolute atomic E-state index is 10.8. The third kappa shape index (κ3) is 14.1. The summed E-state index contributed by atoms with van der Waals surface area (Å²) in [6.45, 7) is 0. The molecule has 0 fully saturated rings. The third-order valence-corrected chi connectivity index (χ3v) is 4.00. The molecule has 98 valence electrons. The van der Waals surface area contributed by atoms with Gasteiger partial charge in [0, 0.05) is 17.8 Å². The first kappa shape index (κ1) is 16.1. The lowest BCUT2D eigenvalue weighted by Crippen LogP contribution is -2.02. The van der Waals surface area contributed by atoms with Crippen LogP contribution in [0.2, 0.25) is 0 Å². The van der Waals surface area contributed by atoms with Gasteiger partial charge in [-0.25, -0.2) is 12.6 Å². The summed E-state index contributed by atoms with van der Waals surface area (Å²) in [5.74, 6) is 0.657. The second-order valence-corrected chi connectivity index (χ2v) is 7.44. The first-order valence-corrected chi connectivity index (χ1v) is 9.00. The van der Waals surface area contributed by atoms with Crippen molar-refractivity contribution in [1.82, 2.24) is 0 Å². The largest absolute Gasteiger partial charge is 0.306 e. The zero-order valence-electron chi connectivity index (χ0n) is 9.85. The van der Waals surface area contributed by atoms with Crippen LogP contribution in [0.25, 0.3) is 0 Å². The normalized spacial score (nSPS) is 13.9. The molecule has 0 aromatic carbocycles. The molecule has 0 aromatic rings. The minimum Gasteiger partial charge on any atom is -0.306 e. The molecule has 0 spiro atoms. The monoisotopic (exact) mass is 270 g/mol. The minimum atomic E-state index is -2.80. The van der Waals surface area contributed by atoms with E-state index < -0.39 is 20.9 Å². The maximum atomic E-state index is 10.8. The molecule has 0 aromatic heterocycles. The molecule has 0 rings (SSSR count). The van der Waals surface area contributed by atoms with Crippen molar-refractivity contribution in [2.75, 3.05) is 17.8 Å². The van der Waals surface area contributed by atoms with Gasteiger partial charge in [0.25, 0.3) is 0 Å². The van der Waals surface area contributed by atoms with Crippen LogP contribution in [0.4, 0.5) is 0 Å². The maximum Gasteiger partial charge on any atom is 0.152 e.